The number of hydrogen-bond acceptors (Lipinski definition) is 2. The van der Waals surface area contributed by atoms with E-state index in [1.54, 1.807) is 0 Å². The van der Waals surface area contributed by atoms with Crippen LogP contribution in [0.2, 0.25) is 0 Å². The van der Waals surface area contributed by atoms with Crippen LogP contribution in [-0.4, -0.2) is 17.4 Å². The fraction of sp³-hybridized carbons (Fsp3) is 0.611. The van der Waals surface area contributed by atoms with E-state index in [0.29, 0.717) is 0 Å². The molecule has 1 aromatic rings. The Morgan fingerprint density at radius 2 is 1.65 bits per heavy atom. The van der Waals surface area contributed by atoms with E-state index in [1.165, 1.54) is 11.1 Å². The largest absolute Gasteiger partial charge is 0.302 e. The first-order valence-electron chi connectivity index (χ1n) is 7.37. The molecule has 0 fully saturated rings. The van der Waals surface area contributed by atoms with E-state index < -0.39 is 0 Å². The quantitative estimate of drug-likeness (QED) is 0.902. The van der Waals surface area contributed by atoms with E-state index in [0.717, 1.165) is 6.42 Å². The second kappa shape index (κ2) is 6.09. The van der Waals surface area contributed by atoms with Crippen molar-refractivity contribution in [3.05, 3.63) is 35.4 Å². The molecule has 0 saturated carbocycles. The maximum Gasteiger partial charge on any atom is 0.155 e. The van der Waals surface area contributed by atoms with Crippen molar-refractivity contribution in [3.63, 3.8) is 0 Å². The molecule has 1 rings (SSSR count). The summed E-state index contributed by atoms with van der Waals surface area (Å²) in [6, 6.07) is 8.15. The Balaban J connectivity index is 3.00. The summed E-state index contributed by atoms with van der Waals surface area (Å²) in [7, 11) is 0. The molecule has 1 atom stereocenters. The highest BCUT2D eigenvalue weighted by Gasteiger charge is 2.32. The molecule has 0 bridgehead atoms. The summed E-state index contributed by atoms with van der Waals surface area (Å²) in [6.07, 6.45) is 0.750. The molecule has 2 heteroatoms. The number of rotatable bonds is 4. The van der Waals surface area contributed by atoms with Crippen LogP contribution in [-0.2, 0) is 11.2 Å². The van der Waals surface area contributed by atoms with Crippen molar-refractivity contribution < 1.29 is 4.79 Å². The van der Waals surface area contributed by atoms with Crippen LogP contribution < -0.4 is 5.32 Å². The van der Waals surface area contributed by atoms with Gasteiger partial charge >= 0.3 is 0 Å². The van der Waals surface area contributed by atoms with Gasteiger partial charge < -0.3 is 5.32 Å². The molecule has 0 amide bonds. The first-order chi connectivity index (χ1) is 9.00. The fourth-order valence-corrected chi connectivity index (χ4v) is 2.31. The zero-order valence-corrected chi connectivity index (χ0v) is 14.0. The Morgan fingerprint density at radius 1 is 1.10 bits per heavy atom. The number of benzene rings is 1. The van der Waals surface area contributed by atoms with Crippen molar-refractivity contribution in [1.29, 1.82) is 0 Å². The van der Waals surface area contributed by atoms with E-state index in [-0.39, 0.29) is 22.8 Å². The van der Waals surface area contributed by atoms with Crippen LogP contribution in [0.4, 0.5) is 0 Å². The van der Waals surface area contributed by atoms with Gasteiger partial charge in [0, 0.05) is 11.0 Å². The Bertz CT molecular complexity index is 463. The molecule has 2 nitrogen and oxygen atoms in total. The lowest BCUT2D eigenvalue weighted by Gasteiger charge is -2.32. The van der Waals surface area contributed by atoms with Gasteiger partial charge in [0.25, 0.3) is 0 Å². The molecule has 0 heterocycles. The molecule has 0 saturated heterocycles. The number of nitrogens with one attached hydrogen (secondary N) is 1. The van der Waals surface area contributed by atoms with Gasteiger partial charge in [0.1, 0.15) is 0 Å². The predicted octanol–water partition coefficient (Wildman–Crippen LogP) is 3.91. The van der Waals surface area contributed by atoms with Crippen molar-refractivity contribution >= 4 is 5.78 Å². The van der Waals surface area contributed by atoms with E-state index >= 15 is 0 Å². The maximum absolute atomic E-state index is 12.7. The summed E-state index contributed by atoms with van der Waals surface area (Å²) in [6.45, 7) is 14.4. The fourth-order valence-electron chi connectivity index (χ4n) is 2.31. The second-order valence-electron chi connectivity index (χ2n) is 7.69. The normalized spacial score (nSPS) is 14.2. The Labute approximate surface area is 124 Å². The van der Waals surface area contributed by atoms with Gasteiger partial charge in [-0.2, -0.15) is 0 Å². The lowest BCUT2D eigenvalue weighted by Crippen LogP contribution is -2.51. The smallest absolute Gasteiger partial charge is 0.155 e. The lowest BCUT2D eigenvalue weighted by atomic mass is 9.83. The second-order valence-corrected chi connectivity index (χ2v) is 7.69. The molecule has 0 spiro atoms. The maximum atomic E-state index is 12.7. The predicted molar refractivity (Wildman–Crippen MR) is 86.0 cm³/mol. The average Bonchev–Trinajstić information content (AvgIpc) is 2.27. The van der Waals surface area contributed by atoms with Gasteiger partial charge in [0.15, 0.2) is 5.78 Å². The van der Waals surface area contributed by atoms with Crippen LogP contribution in [0.1, 0.15) is 52.7 Å². The monoisotopic (exact) mass is 275 g/mol. The third-order valence-corrected chi connectivity index (χ3v) is 3.35. The van der Waals surface area contributed by atoms with Crippen molar-refractivity contribution in [3.8, 4) is 0 Å². The molecule has 0 radical (unpaired) electrons. The number of Topliss-reactive ketones (excluding diaryl/α,β-unsaturated/α-hetero) is 1. The molecule has 0 unspecified atom stereocenters. The highest BCUT2D eigenvalue weighted by atomic mass is 16.1. The standard InChI is InChI=1S/C18H29NO/c1-13-10-8-9-11-14(13)12-15(19-18(5,6)7)16(20)17(2,3)4/h8-11,15,19H,12H2,1-7H3/t15-/m0/s1. The third kappa shape index (κ3) is 5.09. The summed E-state index contributed by atoms with van der Waals surface area (Å²) < 4.78 is 0. The van der Waals surface area contributed by atoms with Crippen LogP contribution in [0.25, 0.3) is 0 Å². The molecule has 0 aliphatic rings. The molecular formula is C18H29NO. The van der Waals surface area contributed by atoms with Crippen molar-refractivity contribution in [1.82, 2.24) is 5.32 Å². The van der Waals surface area contributed by atoms with Crippen LogP contribution in [0.5, 0.6) is 0 Å². The molecule has 1 aromatic carbocycles. The first-order valence-corrected chi connectivity index (χ1v) is 7.37. The molecular weight excluding hydrogens is 246 g/mol. The highest BCUT2D eigenvalue weighted by Crippen LogP contribution is 2.21. The van der Waals surface area contributed by atoms with E-state index in [2.05, 4.69) is 45.1 Å². The van der Waals surface area contributed by atoms with Gasteiger partial charge in [-0.15, -0.1) is 0 Å². The van der Waals surface area contributed by atoms with Gasteiger partial charge in [-0.25, -0.2) is 0 Å². The lowest BCUT2D eigenvalue weighted by molar-refractivity contribution is -0.128. The third-order valence-electron chi connectivity index (χ3n) is 3.35. The SMILES string of the molecule is Cc1ccccc1C[C@H](NC(C)(C)C)C(=O)C(C)(C)C. The number of carbonyl (C=O) groups is 1. The highest BCUT2D eigenvalue weighted by molar-refractivity contribution is 5.89. The van der Waals surface area contributed by atoms with Gasteiger partial charge in [-0.3, -0.25) is 4.79 Å². The van der Waals surface area contributed by atoms with Crippen LogP contribution in [0.3, 0.4) is 0 Å². The summed E-state index contributed by atoms with van der Waals surface area (Å²) in [5, 5.41) is 3.49. The molecule has 0 aromatic heterocycles. The van der Waals surface area contributed by atoms with E-state index in [1.807, 2.05) is 32.9 Å². The number of aryl methyl sites for hydroxylation is 1. The Hall–Kier alpha value is -1.15. The number of hydrogen-bond donors (Lipinski definition) is 1. The topological polar surface area (TPSA) is 29.1 Å². The summed E-state index contributed by atoms with van der Waals surface area (Å²) in [4.78, 5) is 12.7. The zero-order chi connectivity index (χ0) is 15.6. The van der Waals surface area contributed by atoms with E-state index in [9.17, 15) is 4.79 Å². The van der Waals surface area contributed by atoms with Crippen molar-refractivity contribution in [2.45, 2.75) is 66.5 Å². The average molecular weight is 275 g/mol. The van der Waals surface area contributed by atoms with Crippen molar-refractivity contribution in [2.75, 3.05) is 0 Å². The Morgan fingerprint density at radius 3 is 2.10 bits per heavy atom. The van der Waals surface area contributed by atoms with Crippen LogP contribution in [0, 0.1) is 12.3 Å². The molecule has 0 aliphatic carbocycles. The van der Waals surface area contributed by atoms with Gasteiger partial charge in [0.2, 0.25) is 0 Å². The summed E-state index contributed by atoms with van der Waals surface area (Å²) in [5.74, 6) is 0.274. The summed E-state index contributed by atoms with van der Waals surface area (Å²) >= 11 is 0. The molecule has 1 N–H and O–H groups in total. The van der Waals surface area contributed by atoms with Crippen molar-refractivity contribution in [2.24, 2.45) is 5.41 Å². The molecule has 112 valence electrons. The van der Waals surface area contributed by atoms with Gasteiger partial charge in [-0.05, 0) is 45.2 Å². The molecule has 20 heavy (non-hydrogen) atoms. The minimum absolute atomic E-state index is 0.0751. The number of ketones is 1. The zero-order valence-electron chi connectivity index (χ0n) is 14.0. The van der Waals surface area contributed by atoms with E-state index in [4.69, 9.17) is 0 Å². The van der Waals surface area contributed by atoms with Gasteiger partial charge in [-0.1, -0.05) is 45.0 Å². The van der Waals surface area contributed by atoms with Gasteiger partial charge in [0.05, 0.1) is 6.04 Å². The van der Waals surface area contributed by atoms with Crippen LogP contribution in [0.15, 0.2) is 24.3 Å². The minimum Gasteiger partial charge on any atom is -0.302 e. The van der Waals surface area contributed by atoms with Crippen LogP contribution >= 0.6 is 0 Å². The summed E-state index contributed by atoms with van der Waals surface area (Å²) in [5.41, 5.74) is 2.08. The first kappa shape index (κ1) is 16.9. The molecule has 0 aliphatic heterocycles. The Kier molecular flexibility index (Phi) is 5.15. The minimum atomic E-state index is -0.328. The number of carbonyl (C=O) groups excluding carboxylic acids is 1.